The number of benzene rings is 2. The van der Waals surface area contributed by atoms with Crippen LogP contribution in [0.4, 0.5) is 5.69 Å². The summed E-state index contributed by atoms with van der Waals surface area (Å²) in [5.74, 6) is 4.53. The lowest BCUT2D eigenvalue weighted by Crippen LogP contribution is -2.35. The number of hydrogen-bond acceptors (Lipinski definition) is 5. The van der Waals surface area contributed by atoms with Crippen molar-refractivity contribution in [3.8, 4) is 11.5 Å². The van der Waals surface area contributed by atoms with Gasteiger partial charge in [-0.1, -0.05) is 30.2 Å². The van der Waals surface area contributed by atoms with Crippen LogP contribution in [0.3, 0.4) is 0 Å². The molecule has 2 unspecified atom stereocenters. The third kappa shape index (κ3) is 7.28. The fourth-order valence-corrected chi connectivity index (χ4v) is 9.00. The zero-order valence-electron chi connectivity index (χ0n) is 27.6. The maximum Gasteiger partial charge on any atom is 0.161 e. The zero-order chi connectivity index (χ0) is 30.2. The van der Waals surface area contributed by atoms with Crippen molar-refractivity contribution in [1.82, 2.24) is 9.88 Å². The number of likely N-dealkylation sites (tertiary alicyclic amines) is 1. The molecule has 2 aromatic carbocycles. The minimum Gasteiger partial charge on any atom is -0.493 e. The predicted octanol–water partition coefficient (Wildman–Crippen LogP) is 9.45. The van der Waals surface area contributed by atoms with Crippen LogP contribution in [-0.2, 0) is 19.3 Å². The predicted molar refractivity (Wildman–Crippen MR) is 196 cm³/mol. The Balaban J connectivity index is 0.00000208. The molecular weight excluding hydrogens is 637 g/mol. The molecule has 4 aliphatic rings. The van der Waals surface area contributed by atoms with E-state index >= 15 is 0 Å². The highest BCUT2D eigenvalue weighted by Crippen LogP contribution is 2.48. The van der Waals surface area contributed by atoms with E-state index in [1.165, 1.54) is 98.0 Å². The van der Waals surface area contributed by atoms with Gasteiger partial charge in [-0.15, -0.1) is 24.8 Å². The quantitative estimate of drug-likeness (QED) is 0.170. The normalized spacial score (nSPS) is 21.1. The van der Waals surface area contributed by atoms with Crippen LogP contribution in [0.1, 0.15) is 80.2 Å². The summed E-state index contributed by atoms with van der Waals surface area (Å²) in [6, 6.07) is 10.7. The second-order valence-corrected chi connectivity index (χ2v) is 14.3. The maximum absolute atomic E-state index is 6.42. The van der Waals surface area contributed by atoms with Crippen molar-refractivity contribution in [2.24, 2.45) is 17.8 Å². The zero-order valence-corrected chi connectivity index (χ0v) is 30.0. The number of fused-ring (bicyclic) bond motifs is 6. The Morgan fingerprint density at radius 3 is 2.33 bits per heavy atom. The second-order valence-electron chi connectivity index (χ2n) is 13.8. The van der Waals surface area contributed by atoms with E-state index in [9.17, 15) is 0 Å². The number of pyridine rings is 1. The largest absolute Gasteiger partial charge is 0.493 e. The lowest BCUT2D eigenvalue weighted by Gasteiger charge is -2.37. The van der Waals surface area contributed by atoms with Gasteiger partial charge in [-0.05, 0) is 149 Å². The Kier molecular flexibility index (Phi) is 11.7. The molecule has 7 rings (SSSR count). The van der Waals surface area contributed by atoms with E-state index in [-0.39, 0.29) is 24.8 Å². The molecule has 0 amide bonds. The van der Waals surface area contributed by atoms with Crippen LogP contribution in [0.15, 0.2) is 42.0 Å². The molecule has 2 bridgehead atoms. The molecule has 250 valence electrons. The monoisotopic (exact) mass is 685 g/mol. The summed E-state index contributed by atoms with van der Waals surface area (Å²) in [6.45, 7) is 6.92. The van der Waals surface area contributed by atoms with Gasteiger partial charge in [-0.2, -0.15) is 0 Å². The summed E-state index contributed by atoms with van der Waals surface area (Å²) in [4.78, 5) is 7.87. The number of rotatable bonds is 10. The first-order chi connectivity index (χ1) is 21.5. The van der Waals surface area contributed by atoms with Gasteiger partial charge in [-0.25, -0.2) is 0 Å². The van der Waals surface area contributed by atoms with Gasteiger partial charge in [0.15, 0.2) is 11.5 Å². The van der Waals surface area contributed by atoms with Gasteiger partial charge in [0.2, 0.25) is 0 Å². The molecule has 3 aliphatic carbocycles. The number of methoxy groups -OCH3 is 2. The third-order valence-electron chi connectivity index (χ3n) is 11.0. The number of aromatic nitrogens is 1. The second kappa shape index (κ2) is 15.4. The van der Waals surface area contributed by atoms with Crippen molar-refractivity contribution in [3.63, 3.8) is 0 Å². The Hall–Kier alpha value is -2.18. The maximum atomic E-state index is 6.42. The van der Waals surface area contributed by atoms with Gasteiger partial charge in [0.05, 0.1) is 19.7 Å². The van der Waals surface area contributed by atoms with Gasteiger partial charge >= 0.3 is 0 Å². The van der Waals surface area contributed by atoms with Crippen LogP contribution >= 0.6 is 36.4 Å². The van der Waals surface area contributed by atoms with Crippen LogP contribution in [0.25, 0.3) is 10.9 Å². The van der Waals surface area contributed by atoms with Crippen molar-refractivity contribution in [2.75, 3.05) is 45.7 Å². The standard InChI is InChI=1S/C38H48ClN3O2.2ClH/c1-4-24-14-27-19-30(16-24)37-34(20-27)41-33-23-31(39)6-7-32(33)38(37)40-10-5-11-42-12-8-25(9-13-42)15-26-17-28-21-35(43-2)36(44-3)22-29(28)18-26;;/h6-7,14,21-23,25-27,30H,4-5,8-13,15-20H2,1-3H3,(H,40,41);2*1H. The van der Waals surface area contributed by atoms with E-state index in [1.54, 1.807) is 19.8 Å². The van der Waals surface area contributed by atoms with Crippen molar-refractivity contribution in [2.45, 2.75) is 77.0 Å². The van der Waals surface area contributed by atoms with Crippen LogP contribution in [0, 0.1) is 17.8 Å². The van der Waals surface area contributed by atoms with Crippen molar-refractivity contribution < 1.29 is 9.47 Å². The first kappa shape index (κ1) is 35.1. The van der Waals surface area contributed by atoms with E-state index in [4.69, 9.17) is 26.1 Å². The molecule has 2 heterocycles. The van der Waals surface area contributed by atoms with Gasteiger partial charge in [-0.3, -0.25) is 4.98 Å². The smallest absolute Gasteiger partial charge is 0.161 e. The number of halogens is 3. The highest BCUT2D eigenvalue weighted by Gasteiger charge is 2.34. The lowest BCUT2D eigenvalue weighted by atomic mass is 9.70. The molecule has 5 nitrogen and oxygen atoms in total. The van der Waals surface area contributed by atoms with E-state index < -0.39 is 0 Å². The first-order valence-electron chi connectivity index (χ1n) is 17.0. The fraction of sp³-hybridized carbons (Fsp3) is 0.553. The van der Waals surface area contributed by atoms with Crippen molar-refractivity contribution >= 4 is 53.0 Å². The number of nitrogens with zero attached hydrogens (tertiary/aromatic N) is 2. The molecule has 8 heteroatoms. The summed E-state index contributed by atoms with van der Waals surface area (Å²) in [7, 11) is 3.46. The molecule has 0 spiro atoms. The highest BCUT2D eigenvalue weighted by molar-refractivity contribution is 6.31. The Labute approximate surface area is 292 Å². The van der Waals surface area contributed by atoms with Gasteiger partial charge < -0.3 is 19.7 Å². The third-order valence-corrected chi connectivity index (χ3v) is 11.2. The number of piperidine rings is 1. The number of nitrogens with one attached hydrogen (secondary N) is 1. The molecule has 0 saturated carbocycles. The summed E-state index contributed by atoms with van der Waals surface area (Å²) in [5, 5.41) is 5.94. The molecule has 0 radical (unpaired) electrons. The minimum atomic E-state index is 0. The lowest BCUT2D eigenvalue weighted by molar-refractivity contribution is 0.167. The fourth-order valence-electron chi connectivity index (χ4n) is 8.83. The van der Waals surface area contributed by atoms with Gasteiger partial charge in [0.25, 0.3) is 0 Å². The average Bonchev–Trinajstić information content (AvgIpc) is 3.43. The van der Waals surface area contributed by atoms with Gasteiger partial charge in [0, 0.05) is 33.9 Å². The number of anilines is 1. The number of allylic oxidation sites excluding steroid dienone is 2. The van der Waals surface area contributed by atoms with E-state index in [0.29, 0.717) is 11.8 Å². The molecule has 3 aromatic rings. The van der Waals surface area contributed by atoms with Crippen LogP contribution in [-0.4, -0.2) is 50.3 Å². The minimum absolute atomic E-state index is 0. The van der Waals surface area contributed by atoms with Gasteiger partial charge in [0.1, 0.15) is 0 Å². The highest BCUT2D eigenvalue weighted by atomic mass is 35.5. The molecule has 1 saturated heterocycles. The molecule has 1 fully saturated rings. The van der Waals surface area contributed by atoms with Crippen LogP contribution in [0.2, 0.25) is 5.02 Å². The van der Waals surface area contributed by atoms with Crippen LogP contribution in [0.5, 0.6) is 11.5 Å². The SMILES string of the molecule is CCC1=CC2Cc3nc4cc(Cl)ccc4c(NCCCN4CCC(CC5Cc6cc(OC)c(OC)cc6C5)CC4)c3C(C1)C2.Cl.Cl. The average molecular weight is 687 g/mol. The Morgan fingerprint density at radius 2 is 1.65 bits per heavy atom. The molecule has 1 N–H and O–H groups in total. The molecule has 1 aromatic heterocycles. The van der Waals surface area contributed by atoms with Crippen molar-refractivity contribution in [3.05, 3.63) is 69.4 Å². The van der Waals surface area contributed by atoms with E-state index in [1.807, 2.05) is 12.1 Å². The number of ether oxygens (including phenoxy) is 2. The molecular formula is C38H50Cl3N3O2. The van der Waals surface area contributed by atoms with E-state index in [2.05, 4.69) is 41.4 Å². The summed E-state index contributed by atoms with van der Waals surface area (Å²) < 4.78 is 11.1. The first-order valence-corrected chi connectivity index (χ1v) is 17.4. The van der Waals surface area contributed by atoms with Crippen LogP contribution < -0.4 is 14.8 Å². The molecule has 1 aliphatic heterocycles. The van der Waals surface area contributed by atoms with Crippen molar-refractivity contribution in [1.29, 1.82) is 0 Å². The topological polar surface area (TPSA) is 46.6 Å². The molecule has 46 heavy (non-hydrogen) atoms. The van der Waals surface area contributed by atoms with E-state index in [0.717, 1.165) is 59.7 Å². The Bertz CT molecular complexity index is 1520. The Morgan fingerprint density at radius 1 is 0.935 bits per heavy atom. The summed E-state index contributed by atoms with van der Waals surface area (Å²) in [6.07, 6.45) is 14.7. The summed E-state index contributed by atoms with van der Waals surface area (Å²) >= 11 is 6.42. The summed E-state index contributed by atoms with van der Waals surface area (Å²) in [5.41, 5.74) is 9.67. The molecule has 2 atom stereocenters. The number of hydrogen-bond donors (Lipinski definition) is 1.